The summed E-state index contributed by atoms with van der Waals surface area (Å²) in [5, 5.41) is 27.5. The quantitative estimate of drug-likeness (QED) is 0.188. The summed E-state index contributed by atoms with van der Waals surface area (Å²) in [6, 6.07) is 6.25. The highest BCUT2D eigenvalue weighted by molar-refractivity contribution is 7.13. The zero-order chi connectivity index (χ0) is 34.8. The number of amides is 4. The first-order chi connectivity index (χ1) is 22.8. The molecule has 3 heterocycles. The van der Waals surface area contributed by atoms with Crippen molar-refractivity contribution in [3.63, 3.8) is 0 Å². The molecule has 13 heteroatoms. The van der Waals surface area contributed by atoms with Crippen molar-refractivity contribution < 1.29 is 29.4 Å². The summed E-state index contributed by atoms with van der Waals surface area (Å²) in [5.41, 5.74) is 4.17. The number of carbonyl (C=O) groups excluding carboxylic acids is 3. The molecule has 4 rings (SSSR count). The molecule has 3 atom stereocenters. The number of aryl methyl sites for hydroxylation is 1. The second kappa shape index (κ2) is 17.2. The molecular formula is C35H52N6O6S. The minimum atomic E-state index is -0.981. The molecule has 1 aromatic carbocycles. The van der Waals surface area contributed by atoms with Crippen LogP contribution in [0.25, 0.3) is 10.4 Å². The van der Waals surface area contributed by atoms with E-state index >= 15 is 0 Å². The molecule has 12 nitrogen and oxygen atoms in total. The van der Waals surface area contributed by atoms with E-state index in [1.54, 1.807) is 11.3 Å². The number of rotatable bonds is 14. The Bertz CT molecular complexity index is 1380. The van der Waals surface area contributed by atoms with Crippen molar-refractivity contribution in [2.45, 2.75) is 97.4 Å². The summed E-state index contributed by atoms with van der Waals surface area (Å²) < 4.78 is 0. The van der Waals surface area contributed by atoms with Crippen molar-refractivity contribution in [1.82, 2.24) is 30.7 Å². The lowest BCUT2D eigenvalue weighted by molar-refractivity contribution is -0.144. The number of aliphatic hydroxyl groups is 1. The van der Waals surface area contributed by atoms with Gasteiger partial charge in [0.2, 0.25) is 17.7 Å². The second-order valence-electron chi connectivity index (χ2n) is 14.2. The van der Waals surface area contributed by atoms with E-state index in [2.05, 4.69) is 25.8 Å². The first-order valence-electron chi connectivity index (χ1n) is 17.1. The average molecular weight is 685 g/mol. The molecule has 2 saturated heterocycles. The Labute approximate surface area is 287 Å². The van der Waals surface area contributed by atoms with Crippen molar-refractivity contribution in [3.05, 3.63) is 41.0 Å². The number of benzene rings is 1. The highest BCUT2D eigenvalue weighted by Gasteiger charge is 2.44. The van der Waals surface area contributed by atoms with Crippen LogP contribution in [0.4, 0.5) is 4.79 Å². The number of likely N-dealkylation sites (tertiary alicyclic amines) is 2. The normalized spacial score (nSPS) is 19.6. The van der Waals surface area contributed by atoms with Gasteiger partial charge >= 0.3 is 6.09 Å². The third kappa shape index (κ3) is 10.7. The fraction of sp³-hybridized carbons (Fsp3) is 0.629. The van der Waals surface area contributed by atoms with Crippen molar-refractivity contribution in [2.75, 3.05) is 32.7 Å². The molecule has 0 saturated carbocycles. The van der Waals surface area contributed by atoms with E-state index in [1.807, 2.05) is 57.5 Å². The maximum atomic E-state index is 13.9. The molecule has 4 amide bonds. The van der Waals surface area contributed by atoms with Gasteiger partial charge in [0.05, 0.1) is 22.2 Å². The predicted octanol–water partition coefficient (Wildman–Crippen LogP) is 3.77. The van der Waals surface area contributed by atoms with E-state index in [9.17, 15) is 24.3 Å². The zero-order valence-electron chi connectivity index (χ0n) is 28.7. The fourth-order valence-corrected chi connectivity index (χ4v) is 7.37. The lowest BCUT2D eigenvalue weighted by Crippen LogP contribution is -2.57. The second-order valence-corrected chi connectivity index (χ2v) is 15.1. The molecule has 2 fully saturated rings. The Balaban J connectivity index is 1.24. The Hall–Kier alpha value is -3.55. The van der Waals surface area contributed by atoms with E-state index in [-0.39, 0.29) is 43.7 Å². The number of aliphatic hydroxyl groups excluding tert-OH is 1. The van der Waals surface area contributed by atoms with Crippen LogP contribution in [0.5, 0.6) is 0 Å². The van der Waals surface area contributed by atoms with E-state index in [4.69, 9.17) is 5.11 Å². The van der Waals surface area contributed by atoms with Gasteiger partial charge in [-0.2, -0.15) is 0 Å². The average Bonchev–Trinajstić information content (AvgIpc) is 3.66. The molecule has 0 aliphatic carbocycles. The van der Waals surface area contributed by atoms with Crippen LogP contribution in [-0.4, -0.2) is 99.7 Å². The van der Waals surface area contributed by atoms with Crippen LogP contribution in [0, 0.1) is 18.3 Å². The molecule has 48 heavy (non-hydrogen) atoms. The molecule has 264 valence electrons. The Kier molecular flexibility index (Phi) is 13.4. The number of hydrogen-bond acceptors (Lipinski definition) is 8. The minimum Gasteiger partial charge on any atom is -0.465 e. The van der Waals surface area contributed by atoms with Gasteiger partial charge in [-0.3, -0.25) is 14.4 Å². The van der Waals surface area contributed by atoms with E-state index in [0.29, 0.717) is 18.9 Å². The van der Waals surface area contributed by atoms with Gasteiger partial charge in [0.1, 0.15) is 12.1 Å². The molecule has 1 unspecified atom stereocenters. The smallest absolute Gasteiger partial charge is 0.404 e. The van der Waals surface area contributed by atoms with Gasteiger partial charge in [-0.05, 0) is 81.1 Å². The Morgan fingerprint density at radius 2 is 1.77 bits per heavy atom. The van der Waals surface area contributed by atoms with Gasteiger partial charge in [0.25, 0.3) is 0 Å². The highest BCUT2D eigenvalue weighted by Crippen LogP contribution is 2.28. The van der Waals surface area contributed by atoms with Gasteiger partial charge in [-0.15, -0.1) is 11.3 Å². The van der Waals surface area contributed by atoms with Gasteiger partial charge in [-0.1, -0.05) is 45.0 Å². The number of carbonyl (C=O) groups is 4. The maximum absolute atomic E-state index is 13.9. The summed E-state index contributed by atoms with van der Waals surface area (Å²) in [5.74, 6) is -0.305. The predicted molar refractivity (Wildman–Crippen MR) is 185 cm³/mol. The topological polar surface area (TPSA) is 164 Å². The first-order valence-corrected chi connectivity index (χ1v) is 17.9. The van der Waals surface area contributed by atoms with Gasteiger partial charge in [0, 0.05) is 32.5 Å². The summed E-state index contributed by atoms with van der Waals surface area (Å²) in [4.78, 5) is 60.1. The number of carboxylic acid groups (broad SMARTS) is 1. The number of nitrogens with zero attached hydrogens (tertiary/aromatic N) is 3. The number of aromatic nitrogens is 1. The lowest BCUT2D eigenvalue weighted by Gasteiger charge is -2.35. The van der Waals surface area contributed by atoms with Gasteiger partial charge < -0.3 is 36.0 Å². The van der Waals surface area contributed by atoms with E-state index in [0.717, 1.165) is 67.0 Å². The zero-order valence-corrected chi connectivity index (χ0v) is 29.5. The Morgan fingerprint density at radius 1 is 1.06 bits per heavy atom. The molecular weight excluding hydrogens is 632 g/mol. The molecule has 1 aromatic heterocycles. The summed E-state index contributed by atoms with van der Waals surface area (Å²) in [7, 11) is 0. The SMILES string of the molecule is Cc1ncsc1-c1ccc(CNC(=O)[C@@H]2C[C@@H](O)CN2C(=O)C(NC(=O)CCCN2CCC(CCCNC(=O)O)CC2)C(C)(C)C)cc1. The molecule has 0 bridgehead atoms. The van der Waals surface area contributed by atoms with Crippen molar-refractivity contribution in [1.29, 1.82) is 0 Å². The van der Waals surface area contributed by atoms with Crippen LogP contribution >= 0.6 is 11.3 Å². The van der Waals surface area contributed by atoms with Crippen LogP contribution in [-0.2, 0) is 20.9 Å². The molecule has 0 spiro atoms. The first kappa shape index (κ1) is 37.3. The largest absolute Gasteiger partial charge is 0.465 e. The Morgan fingerprint density at radius 3 is 2.40 bits per heavy atom. The number of thiazole rings is 1. The van der Waals surface area contributed by atoms with Crippen molar-refractivity contribution >= 4 is 35.2 Å². The van der Waals surface area contributed by atoms with Crippen LogP contribution in [0.1, 0.15) is 77.0 Å². The summed E-state index contributed by atoms with van der Waals surface area (Å²) in [6.07, 6.45) is 3.27. The van der Waals surface area contributed by atoms with Crippen LogP contribution < -0.4 is 16.0 Å². The van der Waals surface area contributed by atoms with Gasteiger partial charge in [-0.25, -0.2) is 9.78 Å². The number of hydrogen-bond donors (Lipinski definition) is 5. The molecule has 0 radical (unpaired) electrons. The monoisotopic (exact) mass is 684 g/mol. The van der Waals surface area contributed by atoms with Gasteiger partial charge in [0.15, 0.2) is 0 Å². The third-order valence-electron chi connectivity index (χ3n) is 9.36. The molecule has 5 N–H and O–H groups in total. The van der Waals surface area contributed by atoms with Crippen molar-refractivity contribution in [2.24, 2.45) is 11.3 Å². The molecule has 2 aliphatic heterocycles. The number of piperidine rings is 1. The maximum Gasteiger partial charge on any atom is 0.404 e. The molecule has 2 aliphatic rings. The number of nitrogens with one attached hydrogen (secondary N) is 3. The van der Waals surface area contributed by atoms with Crippen molar-refractivity contribution in [3.8, 4) is 10.4 Å². The number of β-amino-alcohol motifs (C(OH)–C–C–N with tert-alkyl or cyclic N) is 1. The molecule has 2 aromatic rings. The standard InChI is InChI=1S/C35H52N6O6S/c1-23-30(48-22-38-23)26-11-9-25(10-12-26)20-37-32(44)28-19-27(42)21-41(28)33(45)31(35(2,3)4)39-29(43)8-6-16-40-17-13-24(14-18-40)7-5-15-36-34(46)47/h9-12,22,24,27-28,31,36,42H,5-8,13-21H2,1-4H3,(H,37,44)(H,39,43)(H,46,47)/t27-,28+,31?/m1/s1. The van der Waals surface area contributed by atoms with E-state index < -0.39 is 29.7 Å². The van der Waals surface area contributed by atoms with Crippen LogP contribution in [0.2, 0.25) is 0 Å². The van der Waals surface area contributed by atoms with E-state index in [1.165, 1.54) is 4.90 Å². The highest BCUT2D eigenvalue weighted by atomic mass is 32.1. The summed E-state index contributed by atoms with van der Waals surface area (Å²) >= 11 is 1.58. The van der Waals surface area contributed by atoms with Crippen LogP contribution in [0.3, 0.4) is 0 Å². The minimum absolute atomic E-state index is 0.0360. The lowest BCUT2D eigenvalue weighted by atomic mass is 9.85. The fourth-order valence-electron chi connectivity index (χ4n) is 6.56. The summed E-state index contributed by atoms with van der Waals surface area (Å²) in [6.45, 7) is 11.2. The third-order valence-corrected chi connectivity index (χ3v) is 10.3. The van der Waals surface area contributed by atoms with Crippen LogP contribution in [0.15, 0.2) is 29.8 Å².